The number of benzene rings is 2. The number of hydrogen-bond donors (Lipinski definition) is 2. The van der Waals surface area contributed by atoms with Crippen LogP contribution in [0.1, 0.15) is 37.1 Å². The standard InChI is InChI=1S/C24H28N4O3S/c1-16(29)25-17-7-9-19(10-8-17)32(30,31)27(2)18-11-13-28-14-12-21-20-5-3-4-6-22(20)26-24(21)23(28)15-18/h3-10,18,23,26H,11-15H2,1-2H3,(H,25,29)/t18-,23+/m1/s1. The zero-order valence-electron chi connectivity index (χ0n) is 18.3. The van der Waals surface area contributed by atoms with Gasteiger partial charge in [-0.15, -0.1) is 0 Å². The minimum absolute atomic E-state index is 0.0753. The Morgan fingerprint density at radius 2 is 1.88 bits per heavy atom. The highest BCUT2D eigenvalue weighted by molar-refractivity contribution is 7.89. The van der Waals surface area contributed by atoms with Gasteiger partial charge in [0.15, 0.2) is 0 Å². The van der Waals surface area contributed by atoms with Crippen LogP contribution in [0, 0.1) is 0 Å². The molecule has 168 valence electrons. The van der Waals surface area contributed by atoms with E-state index in [9.17, 15) is 13.2 Å². The summed E-state index contributed by atoms with van der Waals surface area (Å²) in [6.07, 6.45) is 2.60. The Labute approximate surface area is 188 Å². The number of amides is 1. The van der Waals surface area contributed by atoms with E-state index in [1.807, 2.05) is 6.07 Å². The smallest absolute Gasteiger partial charge is 0.243 e. The minimum atomic E-state index is -3.63. The second kappa shape index (κ2) is 8.03. The quantitative estimate of drug-likeness (QED) is 0.634. The molecule has 0 bridgehead atoms. The van der Waals surface area contributed by atoms with Crippen LogP contribution in [0.2, 0.25) is 0 Å². The number of nitrogens with one attached hydrogen (secondary N) is 2. The molecule has 1 fully saturated rings. The molecule has 0 saturated carbocycles. The van der Waals surface area contributed by atoms with Crippen molar-refractivity contribution in [1.29, 1.82) is 0 Å². The minimum Gasteiger partial charge on any atom is -0.357 e. The van der Waals surface area contributed by atoms with E-state index < -0.39 is 10.0 Å². The highest BCUT2D eigenvalue weighted by Gasteiger charge is 2.39. The molecule has 32 heavy (non-hydrogen) atoms. The predicted molar refractivity (Wildman–Crippen MR) is 125 cm³/mol. The van der Waals surface area contributed by atoms with Crippen molar-refractivity contribution < 1.29 is 13.2 Å². The van der Waals surface area contributed by atoms with Crippen molar-refractivity contribution >= 4 is 32.5 Å². The topological polar surface area (TPSA) is 85.5 Å². The highest BCUT2D eigenvalue weighted by Crippen LogP contribution is 2.41. The average Bonchev–Trinajstić information content (AvgIpc) is 3.17. The number of H-pyrrole nitrogens is 1. The molecule has 2 aliphatic heterocycles. The Balaban J connectivity index is 1.39. The number of sulfonamides is 1. The van der Waals surface area contributed by atoms with E-state index >= 15 is 0 Å². The molecule has 2 aliphatic rings. The van der Waals surface area contributed by atoms with Gasteiger partial charge in [0.05, 0.1) is 10.9 Å². The molecule has 3 heterocycles. The third-order valence-electron chi connectivity index (χ3n) is 6.88. The number of fused-ring (bicyclic) bond motifs is 5. The molecule has 0 spiro atoms. The van der Waals surface area contributed by atoms with Gasteiger partial charge in [0, 0.05) is 55.4 Å². The van der Waals surface area contributed by atoms with Crippen LogP contribution in [0.5, 0.6) is 0 Å². The third kappa shape index (κ3) is 3.62. The summed E-state index contributed by atoms with van der Waals surface area (Å²) in [5.41, 5.74) is 4.36. The zero-order valence-corrected chi connectivity index (χ0v) is 19.2. The number of anilines is 1. The van der Waals surface area contributed by atoms with Gasteiger partial charge in [-0.1, -0.05) is 18.2 Å². The second-order valence-corrected chi connectivity index (χ2v) is 10.8. The van der Waals surface area contributed by atoms with Crippen LogP contribution in [0.3, 0.4) is 0 Å². The fourth-order valence-electron chi connectivity index (χ4n) is 5.20. The van der Waals surface area contributed by atoms with Gasteiger partial charge in [0.1, 0.15) is 0 Å². The van der Waals surface area contributed by atoms with Crippen molar-refractivity contribution in [2.24, 2.45) is 0 Å². The van der Waals surface area contributed by atoms with Crippen molar-refractivity contribution in [3.8, 4) is 0 Å². The Kier molecular flexibility index (Phi) is 5.31. The van der Waals surface area contributed by atoms with E-state index in [1.54, 1.807) is 31.3 Å². The SMILES string of the molecule is CC(=O)Nc1ccc(S(=O)(=O)N(C)[C@@H]2CCN3CCc4c([nH]c5ccccc45)[C@@H]3C2)cc1. The number of para-hydroxylation sites is 1. The number of carbonyl (C=O) groups excluding carboxylic acids is 1. The zero-order chi connectivity index (χ0) is 22.5. The van der Waals surface area contributed by atoms with E-state index in [0.717, 1.165) is 37.9 Å². The molecule has 5 rings (SSSR count). The lowest BCUT2D eigenvalue weighted by Gasteiger charge is -2.44. The summed E-state index contributed by atoms with van der Waals surface area (Å²) in [6.45, 7) is 3.31. The largest absolute Gasteiger partial charge is 0.357 e. The first kappa shape index (κ1) is 21.2. The molecule has 1 saturated heterocycles. The van der Waals surface area contributed by atoms with Crippen molar-refractivity contribution in [3.05, 3.63) is 59.8 Å². The lowest BCUT2D eigenvalue weighted by Crippen LogP contribution is -2.48. The summed E-state index contributed by atoms with van der Waals surface area (Å²) in [7, 11) is -1.94. The normalized spacial score (nSPS) is 21.3. The summed E-state index contributed by atoms with van der Waals surface area (Å²) in [4.78, 5) is 17.6. The maximum atomic E-state index is 13.3. The molecular formula is C24H28N4O3S. The number of aromatic amines is 1. The van der Waals surface area contributed by atoms with Gasteiger partial charge >= 0.3 is 0 Å². The third-order valence-corrected chi connectivity index (χ3v) is 8.80. The van der Waals surface area contributed by atoms with E-state index in [0.29, 0.717) is 5.69 Å². The second-order valence-electron chi connectivity index (χ2n) is 8.77. The summed E-state index contributed by atoms with van der Waals surface area (Å²) >= 11 is 0. The summed E-state index contributed by atoms with van der Waals surface area (Å²) in [5, 5.41) is 3.95. The molecule has 8 heteroatoms. The molecule has 0 aliphatic carbocycles. The highest BCUT2D eigenvalue weighted by atomic mass is 32.2. The van der Waals surface area contributed by atoms with E-state index in [1.165, 1.54) is 27.9 Å². The molecule has 0 radical (unpaired) electrons. The van der Waals surface area contributed by atoms with Gasteiger partial charge in [0.2, 0.25) is 15.9 Å². The summed E-state index contributed by atoms with van der Waals surface area (Å²) in [5.74, 6) is -0.187. The lowest BCUT2D eigenvalue weighted by molar-refractivity contribution is -0.114. The van der Waals surface area contributed by atoms with Crippen molar-refractivity contribution in [1.82, 2.24) is 14.2 Å². The number of hydrogen-bond acceptors (Lipinski definition) is 4. The summed E-state index contributed by atoms with van der Waals surface area (Å²) in [6, 6.07) is 14.9. The molecule has 0 unspecified atom stereocenters. The monoisotopic (exact) mass is 452 g/mol. The van der Waals surface area contributed by atoms with Crippen molar-refractivity contribution in [2.45, 2.75) is 43.2 Å². The molecule has 1 amide bonds. The molecule has 2 atom stereocenters. The molecule has 2 aromatic carbocycles. The van der Waals surface area contributed by atoms with Crippen LogP contribution in [0.15, 0.2) is 53.4 Å². The number of nitrogens with zero attached hydrogens (tertiary/aromatic N) is 2. The maximum Gasteiger partial charge on any atom is 0.243 e. The first-order chi connectivity index (χ1) is 15.3. The molecule has 1 aromatic heterocycles. The first-order valence-electron chi connectivity index (χ1n) is 11.0. The van der Waals surface area contributed by atoms with Gasteiger partial charge < -0.3 is 10.3 Å². The Morgan fingerprint density at radius 1 is 1.12 bits per heavy atom. The van der Waals surface area contributed by atoms with Gasteiger partial charge in [-0.25, -0.2) is 8.42 Å². The first-order valence-corrected chi connectivity index (χ1v) is 12.5. The fourth-order valence-corrected chi connectivity index (χ4v) is 6.60. The Morgan fingerprint density at radius 3 is 2.62 bits per heavy atom. The number of aromatic nitrogens is 1. The lowest BCUT2D eigenvalue weighted by atomic mass is 9.88. The van der Waals surface area contributed by atoms with Crippen LogP contribution in [-0.4, -0.2) is 54.7 Å². The number of piperidine rings is 1. The van der Waals surface area contributed by atoms with Gasteiger partial charge in [-0.05, 0) is 55.2 Å². The van der Waals surface area contributed by atoms with Crippen LogP contribution >= 0.6 is 0 Å². The van der Waals surface area contributed by atoms with Crippen LogP contribution in [0.25, 0.3) is 10.9 Å². The van der Waals surface area contributed by atoms with Crippen LogP contribution < -0.4 is 5.32 Å². The van der Waals surface area contributed by atoms with Crippen LogP contribution in [-0.2, 0) is 21.2 Å². The Hall–Kier alpha value is -2.68. The van der Waals surface area contributed by atoms with E-state index in [2.05, 4.69) is 33.4 Å². The van der Waals surface area contributed by atoms with Gasteiger partial charge in [0.25, 0.3) is 0 Å². The number of rotatable bonds is 4. The number of carbonyl (C=O) groups is 1. The fraction of sp³-hybridized carbons (Fsp3) is 0.375. The van der Waals surface area contributed by atoms with Crippen molar-refractivity contribution in [3.63, 3.8) is 0 Å². The predicted octanol–water partition coefficient (Wildman–Crippen LogP) is 3.51. The van der Waals surface area contributed by atoms with Crippen molar-refractivity contribution in [2.75, 3.05) is 25.5 Å². The van der Waals surface area contributed by atoms with Crippen LogP contribution in [0.4, 0.5) is 5.69 Å². The molecule has 2 N–H and O–H groups in total. The Bertz CT molecular complexity index is 1270. The van der Waals surface area contributed by atoms with E-state index in [-0.39, 0.29) is 22.9 Å². The molecular weight excluding hydrogens is 424 g/mol. The van der Waals surface area contributed by atoms with Gasteiger partial charge in [-0.3, -0.25) is 9.69 Å². The maximum absolute atomic E-state index is 13.3. The van der Waals surface area contributed by atoms with E-state index in [4.69, 9.17) is 0 Å². The average molecular weight is 453 g/mol. The van der Waals surface area contributed by atoms with Gasteiger partial charge in [-0.2, -0.15) is 4.31 Å². The summed E-state index contributed by atoms with van der Waals surface area (Å²) < 4.78 is 28.2. The molecule has 3 aromatic rings. The molecule has 7 nitrogen and oxygen atoms in total.